The molecule has 1 aliphatic carbocycles. The van der Waals surface area contributed by atoms with Gasteiger partial charge in [0.2, 0.25) is 17.8 Å². The van der Waals surface area contributed by atoms with Gasteiger partial charge in [0.25, 0.3) is 0 Å². The number of hydrogen-bond donors (Lipinski definition) is 3. The standard InChI is InChI=1S/C24H26N6/c1-16-7-4-10-19(13-16)25-22-28-23(26-20-11-5-8-17(2)14-20)30-24(29-22)27-21-12-6-9-18(3)15-21/h4-14,18H,15H2,1-3H3,(H3,25,26,27,28,29,30). The van der Waals surface area contributed by atoms with Crippen LogP contribution in [0.25, 0.3) is 0 Å². The van der Waals surface area contributed by atoms with Crippen LogP contribution >= 0.6 is 0 Å². The molecule has 3 aromatic rings. The number of aromatic nitrogens is 3. The van der Waals surface area contributed by atoms with Crippen LogP contribution in [0.15, 0.2) is 72.5 Å². The Hall–Kier alpha value is -3.67. The fraction of sp³-hybridized carbons (Fsp3) is 0.208. The highest BCUT2D eigenvalue weighted by atomic mass is 15.3. The van der Waals surface area contributed by atoms with E-state index in [1.165, 1.54) is 11.1 Å². The molecule has 6 heteroatoms. The average molecular weight is 399 g/mol. The summed E-state index contributed by atoms with van der Waals surface area (Å²) in [7, 11) is 0. The predicted octanol–water partition coefficient (Wildman–Crippen LogP) is 5.87. The van der Waals surface area contributed by atoms with Crippen molar-refractivity contribution in [1.29, 1.82) is 0 Å². The van der Waals surface area contributed by atoms with E-state index < -0.39 is 0 Å². The molecule has 0 radical (unpaired) electrons. The van der Waals surface area contributed by atoms with Crippen LogP contribution in [-0.4, -0.2) is 15.0 Å². The molecule has 0 fully saturated rings. The Balaban J connectivity index is 1.64. The van der Waals surface area contributed by atoms with Gasteiger partial charge in [-0.2, -0.15) is 15.0 Å². The number of allylic oxidation sites excluding steroid dienone is 4. The topological polar surface area (TPSA) is 74.8 Å². The first-order valence-corrected chi connectivity index (χ1v) is 10.1. The summed E-state index contributed by atoms with van der Waals surface area (Å²) in [4.78, 5) is 13.7. The lowest BCUT2D eigenvalue weighted by atomic mass is 10.0. The van der Waals surface area contributed by atoms with Gasteiger partial charge < -0.3 is 16.0 Å². The van der Waals surface area contributed by atoms with E-state index in [2.05, 4.69) is 94.2 Å². The molecule has 1 aromatic heterocycles. The molecule has 2 aromatic carbocycles. The minimum Gasteiger partial charge on any atom is -0.328 e. The molecule has 1 unspecified atom stereocenters. The molecule has 0 aliphatic heterocycles. The summed E-state index contributed by atoms with van der Waals surface area (Å²) < 4.78 is 0. The third-order valence-corrected chi connectivity index (χ3v) is 4.74. The van der Waals surface area contributed by atoms with Crippen molar-refractivity contribution in [3.8, 4) is 0 Å². The third kappa shape index (κ3) is 5.23. The Kier molecular flexibility index (Phi) is 5.75. The van der Waals surface area contributed by atoms with Crippen LogP contribution in [0.2, 0.25) is 0 Å². The van der Waals surface area contributed by atoms with Gasteiger partial charge in [0, 0.05) is 17.1 Å². The Bertz CT molecular complexity index is 1040. The van der Waals surface area contributed by atoms with Crippen molar-refractivity contribution in [3.63, 3.8) is 0 Å². The van der Waals surface area contributed by atoms with Crippen molar-refractivity contribution >= 4 is 29.2 Å². The number of nitrogens with one attached hydrogen (secondary N) is 3. The first-order valence-electron chi connectivity index (χ1n) is 10.1. The molecule has 0 spiro atoms. The van der Waals surface area contributed by atoms with Crippen molar-refractivity contribution in [2.24, 2.45) is 5.92 Å². The molecule has 0 bridgehead atoms. The zero-order chi connectivity index (χ0) is 20.9. The van der Waals surface area contributed by atoms with Crippen LogP contribution in [0.5, 0.6) is 0 Å². The van der Waals surface area contributed by atoms with Crippen LogP contribution in [0.4, 0.5) is 29.2 Å². The van der Waals surface area contributed by atoms with Gasteiger partial charge in [0.05, 0.1) is 0 Å². The molecule has 1 atom stereocenters. The fourth-order valence-electron chi connectivity index (χ4n) is 3.33. The molecular weight excluding hydrogens is 372 g/mol. The van der Waals surface area contributed by atoms with E-state index >= 15 is 0 Å². The molecule has 152 valence electrons. The van der Waals surface area contributed by atoms with Crippen molar-refractivity contribution in [2.45, 2.75) is 27.2 Å². The van der Waals surface area contributed by atoms with Gasteiger partial charge in [-0.05, 0) is 67.7 Å². The monoisotopic (exact) mass is 398 g/mol. The molecule has 4 rings (SSSR count). The molecule has 1 aliphatic rings. The summed E-state index contributed by atoms with van der Waals surface area (Å²) in [5.74, 6) is 1.94. The maximum absolute atomic E-state index is 4.59. The zero-order valence-corrected chi connectivity index (χ0v) is 17.5. The minimum absolute atomic E-state index is 0.480. The lowest BCUT2D eigenvalue weighted by Gasteiger charge is -2.16. The zero-order valence-electron chi connectivity index (χ0n) is 17.5. The molecular formula is C24H26N6. The summed E-state index contributed by atoms with van der Waals surface area (Å²) in [5.41, 5.74) is 5.28. The van der Waals surface area contributed by atoms with Gasteiger partial charge in [-0.25, -0.2) is 0 Å². The van der Waals surface area contributed by atoms with E-state index in [9.17, 15) is 0 Å². The largest absolute Gasteiger partial charge is 0.328 e. The fourth-order valence-corrected chi connectivity index (χ4v) is 3.33. The highest BCUT2D eigenvalue weighted by Gasteiger charge is 2.12. The van der Waals surface area contributed by atoms with E-state index in [1.54, 1.807) is 0 Å². The lowest BCUT2D eigenvalue weighted by Crippen LogP contribution is -2.12. The molecule has 0 saturated heterocycles. The molecule has 3 N–H and O–H groups in total. The number of hydrogen-bond acceptors (Lipinski definition) is 6. The number of aryl methyl sites for hydroxylation is 2. The van der Waals surface area contributed by atoms with Crippen LogP contribution in [0, 0.1) is 19.8 Å². The maximum Gasteiger partial charge on any atom is 0.233 e. The van der Waals surface area contributed by atoms with Gasteiger partial charge >= 0.3 is 0 Å². The van der Waals surface area contributed by atoms with E-state index in [-0.39, 0.29) is 0 Å². The second-order valence-electron chi connectivity index (χ2n) is 7.68. The SMILES string of the molecule is Cc1cccc(Nc2nc(NC3=CC=CC(C)C3)nc(Nc3cccc(C)c3)n2)c1. The van der Waals surface area contributed by atoms with Gasteiger partial charge in [-0.15, -0.1) is 0 Å². The van der Waals surface area contributed by atoms with Crippen molar-refractivity contribution in [1.82, 2.24) is 15.0 Å². The average Bonchev–Trinajstić information content (AvgIpc) is 2.68. The number of rotatable bonds is 6. The number of benzene rings is 2. The molecule has 0 saturated carbocycles. The second-order valence-corrected chi connectivity index (χ2v) is 7.68. The van der Waals surface area contributed by atoms with Gasteiger partial charge in [-0.3, -0.25) is 0 Å². The van der Waals surface area contributed by atoms with Crippen LogP contribution in [0.3, 0.4) is 0 Å². The Labute approximate surface area is 177 Å². The van der Waals surface area contributed by atoms with Crippen LogP contribution in [-0.2, 0) is 0 Å². The highest BCUT2D eigenvalue weighted by Crippen LogP contribution is 2.23. The summed E-state index contributed by atoms with van der Waals surface area (Å²) in [6.07, 6.45) is 7.23. The normalized spacial score (nSPS) is 15.4. The molecule has 1 heterocycles. The molecule has 6 nitrogen and oxygen atoms in total. The smallest absolute Gasteiger partial charge is 0.233 e. The van der Waals surface area contributed by atoms with Crippen LogP contribution < -0.4 is 16.0 Å². The third-order valence-electron chi connectivity index (χ3n) is 4.74. The van der Waals surface area contributed by atoms with Crippen molar-refractivity contribution in [2.75, 3.05) is 16.0 Å². The Morgan fingerprint density at radius 3 is 1.80 bits per heavy atom. The van der Waals surface area contributed by atoms with Crippen molar-refractivity contribution in [3.05, 3.63) is 83.6 Å². The summed E-state index contributed by atoms with van der Waals surface area (Å²) >= 11 is 0. The van der Waals surface area contributed by atoms with Gasteiger partial charge in [0.1, 0.15) is 0 Å². The summed E-state index contributed by atoms with van der Waals surface area (Å²) in [5, 5.41) is 9.94. The molecule has 30 heavy (non-hydrogen) atoms. The van der Waals surface area contributed by atoms with E-state index in [1.807, 2.05) is 24.3 Å². The van der Waals surface area contributed by atoms with Gasteiger partial charge in [0.15, 0.2) is 0 Å². The van der Waals surface area contributed by atoms with Gasteiger partial charge in [-0.1, -0.05) is 43.3 Å². The number of anilines is 5. The number of nitrogens with zero attached hydrogens (tertiary/aromatic N) is 3. The minimum atomic E-state index is 0.480. The van der Waals surface area contributed by atoms with Crippen molar-refractivity contribution < 1.29 is 0 Å². The van der Waals surface area contributed by atoms with Crippen LogP contribution in [0.1, 0.15) is 24.5 Å². The van der Waals surface area contributed by atoms with E-state index in [0.29, 0.717) is 23.8 Å². The lowest BCUT2D eigenvalue weighted by molar-refractivity contribution is 0.708. The summed E-state index contributed by atoms with van der Waals surface area (Å²) in [6.45, 7) is 6.30. The summed E-state index contributed by atoms with van der Waals surface area (Å²) in [6, 6.07) is 16.2. The van der Waals surface area contributed by atoms with E-state index in [4.69, 9.17) is 0 Å². The maximum atomic E-state index is 4.59. The van der Waals surface area contributed by atoms with E-state index in [0.717, 1.165) is 23.5 Å². The first kappa shape index (κ1) is 19.6. The first-order chi connectivity index (χ1) is 14.5. The quantitative estimate of drug-likeness (QED) is 0.482. The predicted molar refractivity (Wildman–Crippen MR) is 123 cm³/mol. The Morgan fingerprint density at radius 2 is 1.30 bits per heavy atom. The molecule has 0 amide bonds. The highest BCUT2D eigenvalue weighted by molar-refractivity contribution is 5.60. The Morgan fingerprint density at radius 1 is 0.767 bits per heavy atom. The second kappa shape index (κ2) is 8.78.